The molecule has 106 valence electrons. The van der Waals surface area contributed by atoms with E-state index in [1.165, 1.54) is 51.4 Å². The van der Waals surface area contributed by atoms with Crippen LogP contribution < -0.4 is 5.32 Å². The largest absolute Gasteiger partial charge is 0.389 e. The molecule has 0 aromatic heterocycles. The second kappa shape index (κ2) is 6.91. The highest BCUT2D eigenvalue weighted by Crippen LogP contribution is 2.29. The molecule has 0 aromatic rings. The van der Waals surface area contributed by atoms with Crippen molar-refractivity contribution in [1.82, 2.24) is 5.32 Å². The first-order chi connectivity index (χ1) is 8.68. The maximum Gasteiger partial charge on any atom is 0.0771 e. The van der Waals surface area contributed by atoms with Gasteiger partial charge in [0, 0.05) is 6.54 Å². The number of hydrogen-bond donors (Lipinski definition) is 2. The summed E-state index contributed by atoms with van der Waals surface area (Å²) in [6.45, 7) is 4.32. The van der Waals surface area contributed by atoms with Gasteiger partial charge in [0.1, 0.15) is 0 Å². The lowest BCUT2D eigenvalue weighted by atomic mass is 9.82. The van der Waals surface area contributed by atoms with Crippen LogP contribution in [0.3, 0.4) is 0 Å². The highest BCUT2D eigenvalue weighted by atomic mass is 16.3. The lowest BCUT2D eigenvalue weighted by molar-refractivity contribution is 0.0240. The van der Waals surface area contributed by atoms with Gasteiger partial charge in [-0.15, -0.1) is 0 Å². The molecule has 2 saturated carbocycles. The fourth-order valence-electron chi connectivity index (χ4n) is 3.82. The van der Waals surface area contributed by atoms with Crippen molar-refractivity contribution in [3.63, 3.8) is 0 Å². The van der Waals surface area contributed by atoms with Gasteiger partial charge in [-0.2, -0.15) is 0 Å². The predicted octanol–water partition coefficient (Wildman–Crippen LogP) is 3.49. The lowest BCUT2D eigenvalue weighted by Gasteiger charge is -2.30. The molecule has 0 spiro atoms. The lowest BCUT2D eigenvalue weighted by Crippen LogP contribution is -2.42. The zero-order valence-electron chi connectivity index (χ0n) is 12.1. The molecule has 2 heteroatoms. The summed E-state index contributed by atoms with van der Waals surface area (Å²) in [5, 5.41) is 14.1. The van der Waals surface area contributed by atoms with Crippen LogP contribution in [0.1, 0.15) is 71.1 Å². The summed E-state index contributed by atoms with van der Waals surface area (Å²) < 4.78 is 0. The molecular formula is C16H31NO. The summed E-state index contributed by atoms with van der Waals surface area (Å²) in [6, 6.07) is 0. The number of hydrogen-bond acceptors (Lipinski definition) is 2. The molecule has 2 nitrogen and oxygen atoms in total. The molecule has 2 rings (SSSR count). The first kappa shape index (κ1) is 14.3. The van der Waals surface area contributed by atoms with Gasteiger partial charge in [0.25, 0.3) is 0 Å². The van der Waals surface area contributed by atoms with Crippen LogP contribution in [0, 0.1) is 11.8 Å². The van der Waals surface area contributed by atoms with Crippen molar-refractivity contribution in [3.8, 4) is 0 Å². The summed E-state index contributed by atoms with van der Waals surface area (Å²) in [5.74, 6) is 1.76. The van der Waals surface area contributed by atoms with E-state index >= 15 is 0 Å². The number of aliphatic hydroxyl groups is 1. The van der Waals surface area contributed by atoms with E-state index in [-0.39, 0.29) is 0 Å². The third-order valence-electron chi connectivity index (χ3n) is 4.97. The van der Waals surface area contributed by atoms with Gasteiger partial charge in [-0.1, -0.05) is 45.4 Å². The van der Waals surface area contributed by atoms with Gasteiger partial charge in [0.15, 0.2) is 0 Å². The van der Waals surface area contributed by atoms with Crippen molar-refractivity contribution in [2.45, 2.75) is 76.7 Å². The van der Waals surface area contributed by atoms with Gasteiger partial charge in [0.2, 0.25) is 0 Å². The van der Waals surface area contributed by atoms with Crippen LogP contribution in [0.15, 0.2) is 0 Å². The monoisotopic (exact) mass is 253 g/mol. The molecule has 0 saturated heterocycles. The third-order valence-corrected chi connectivity index (χ3v) is 4.97. The number of rotatable bonds is 4. The first-order valence-corrected chi connectivity index (χ1v) is 8.11. The number of nitrogens with one attached hydrogen (secondary N) is 1. The van der Waals surface area contributed by atoms with E-state index in [1.54, 1.807) is 0 Å². The molecule has 2 unspecified atom stereocenters. The zero-order chi connectivity index (χ0) is 12.8. The highest BCUT2D eigenvalue weighted by Gasteiger charge is 2.28. The normalized spacial score (nSPS) is 33.0. The van der Waals surface area contributed by atoms with Crippen LogP contribution in [0.4, 0.5) is 0 Å². The Kier molecular flexibility index (Phi) is 5.50. The molecule has 0 aliphatic heterocycles. The summed E-state index contributed by atoms with van der Waals surface area (Å²) in [5.41, 5.74) is -0.406. The minimum Gasteiger partial charge on any atom is -0.389 e. The zero-order valence-corrected chi connectivity index (χ0v) is 12.1. The molecule has 0 radical (unpaired) electrons. The summed E-state index contributed by atoms with van der Waals surface area (Å²) >= 11 is 0. The maximum atomic E-state index is 10.6. The van der Waals surface area contributed by atoms with Gasteiger partial charge in [-0.05, 0) is 44.1 Å². The fourth-order valence-corrected chi connectivity index (χ4v) is 3.82. The second-order valence-corrected chi connectivity index (χ2v) is 6.91. The maximum absolute atomic E-state index is 10.6. The van der Waals surface area contributed by atoms with Crippen molar-refractivity contribution in [2.24, 2.45) is 11.8 Å². The molecule has 2 atom stereocenters. The van der Waals surface area contributed by atoms with Gasteiger partial charge in [-0.3, -0.25) is 0 Å². The van der Waals surface area contributed by atoms with Crippen molar-refractivity contribution < 1.29 is 5.11 Å². The van der Waals surface area contributed by atoms with Crippen molar-refractivity contribution in [2.75, 3.05) is 13.1 Å². The summed E-state index contributed by atoms with van der Waals surface area (Å²) in [6.07, 6.45) is 12.6. The fraction of sp³-hybridized carbons (Fsp3) is 1.00. The van der Waals surface area contributed by atoms with Gasteiger partial charge < -0.3 is 10.4 Å². The molecule has 2 N–H and O–H groups in total. The van der Waals surface area contributed by atoms with Crippen LogP contribution in [-0.2, 0) is 0 Å². The second-order valence-electron chi connectivity index (χ2n) is 6.91. The van der Waals surface area contributed by atoms with Crippen LogP contribution in [0.5, 0.6) is 0 Å². The van der Waals surface area contributed by atoms with E-state index in [2.05, 4.69) is 12.2 Å². The first-order valence-electron chi connectivity index (χ1n) is 8.11. The quantitative estimate of drug-likeness (QED) is 0.752. The summed E-state index contributed by atoms with van der Waals surface area (Å²) in [4.78, 5) is 0. The van der Waals surface area contributed by atoms with E-state index in [9.17, 15) is 5.11 Å². The van der Waals surface area contributed by atoms with E-state index in [1.807, 2.05) is 0 Å². The Labute approximate surface area is 113 Å². The Bertz CT molecular complexity index is 233. The molecule has 0 aromatic carbocycles. The van der Waals surface area contributed by atoms with Crippen molar-refractivity contribution in [1.29, 1.82) is 0 Å². The third kappa shape index (κ3) is 4.55. The highest BCUT2D eigenvalue weighted by molar-refractivity contribution is 4.84. The molecule has 2 aliphatic carbocycles. The molecule has 2 aliphatic rings. The van der Waals surface area contributed by atoms with Crippen molar-refractivity contribution >= 4 is 0 Å². The Morgan fingerprint density at radius 2 is 1.78 bits per heavy atom. The Balaban J connectivity index is 1.67. The molecule has 0 bridgehead atoms. The van der Waals surface area contributed by atoms with E-state index in [0.29, 0.717) is 0 Å². The summed E-state index contributed by atoms with van der Waals surface area (Å²) in [7, 11) is 0. The van der Waals surface area contributed by atoms with Crippen molar-refractivity contribution in [3.05, 3.63) is 0 Å². The SMILES string of the molecule is CC1CCCC(CNCC2(O)CCCCCC2)C1. The van der Waals surface area contributed by atoms with E-state index < -0.39 is 5.60 Å². The van der Waals surface area contributed by atoms with Gasteiger partial charge >= 0.3 is 0 Å². The van der Waals surface area contributed by atoms with Crippen LogP contribution >= 0.6 is 0 Å². The minimum atomic E-state index is -0.406. The minimum absolute atomic E-state index is 0.406. The average Bonchev–Trinajstić information content (AvgIpc) is 2.55. The molecule has 18 heavy (non-hydrogen) atoms. The molecule has 2 fully saturated rings. The standard InChI is InChI=1S/C16H31NO/c1-14-7-6-8-15(11-14)12-17-13-16(18)9-4-2-3-5-10-16/h14-15,17-18H,2-13H2,1H3. The van der Waals surface area contributed by atoms with Crippen LogP contribution in [-0.4, -0.2) is 23.8 Å². The smallest absolute Gasteiger partial charge is 0.0771 e. The predicted molar refractivity (Wildman–Crippen MR) is 76.6 cm³/mol. The van der Waals surface area contributed by atoms with E-state index in [0.717, 1.165) is 37.8 Å². The molecular weight excluding hydrogens is 222 g/mol. The Hall–Kier alpha value is -0.0800. The van der Waals surface area contributed by atoms with E-state index in [4.69, 9.17) is 0 Å². The average molecular weight is 253 g/mol. The van der Waals surface area contributed by atoms with Gasteiger partial charge in [-0.25, -0.2) is 0 Å². The van der Waals surface area contributed by atoms with Crippen LogP contribution in [0.2, 0.25) is 0 Å². The molecule has 0 amide bonds. The van der Waals surface area contributed by atoms with Gasteiger partial charge in [0.05, 0.1) is 5.60 Å². The molecule has 0 heterocycles. The topological polar surface area (TPSA) is 32.3 Å². The Morgan fingerprint density at radius 1 is 1.06 bits per heavy atom. The Morgan fingerprint density at radius 3 is 2.44 bits per heavy atom. The van der Waals surface area contributed by atoms with Crippen LogP contribution in [0.25, 0.3) is 0 Å².